The summed E-state index contributed by atoms with van der Waals surface area (Å²) in [5.41, 5.74) is 0. The summed E-state index contributed by atoms with van der Waals surface area (Å²) in [5, 5.41) is 15.4. The van der Waals surface area contributed by atoms with Crippen LogP contribution in [-0.2, 0) is 14.3 Å². The maximum absolute atomic E-state index is 12.3. The second-order valence-electron chi connectivity index (χ2n) is 6.38. The highest BCUT2D eigenvalue weighted by molar-refractivity contribution is 8.00. The number of aliphatic carboxylic acids is 1. The number of amides is 3. The fourth-order valence-corrected chi connectivity index (χ4v) is 5.06. The topological polar surface area (TPSA) is 108 Å². The number of carbonyl (C=O) groups excluding carboxylic acids is 2. The number of unbranched alkanes of at least 4 members (excludes halogenated alkanes) is 1. The first-order chi connectivity index (χ1) is 11.6. The molecule has 3 fully saturated rings. The zero-order chi connectivity index (χ0) is 17.1. The third-order valence-corrected chi connectivity index (χ3v) is 6.31. The van der Waals surface area contributed by atoms with Crippen LogP contribution in [0.1, 0.15) is 25.7 Å². The second kappa shape index (κ2) is 7.60. The number of carboxylic acids is 1. The standard InChI is InChI=1S/C15H23N3O5S/c19-12(18-5-6-23-7-10(18)14(20)21)4-2-1-3-11-13-9(8-24-11)16-15(22)17-13/h9-11,13H,1-8H2,(H,20,21)(H2,16,17,22)/t9-,10?,11-,13-/m0/s1. The van der Waals surface area contributed by atoms with Gasteiger partial charge in [-0.25, -0.2) is 9.59 Å². The summed E-state index contributed by atoms with van der Waals surface area (Å²) in [6, 6.07) is -0.540. The normalized spacial score (nSPS) is 32.2. The number of nitrogens with one attached hydrogen (secondary N) is 2. The highest BCUT2D eigenvalue weighted by atomic mass is 32.2. The molecule has 3 N–H and O–H groups in total. The average molecular weight is 357 g/mol. The van der Waals surface area contributed by atoms with Crippen LogP contribution < -0.4 is 10.6 Å². The molecule has 0 aromatic carbocycles. The lowest BCUT2D eigenvalue weighted by Crippen LogP contribution is -2.52. The van der Waals surface area contributed by atoms with Crippen LogP contribution in [0.3, 0.4) is 0 Å². The molecule has 0 bridgehead atoms. The Labute approximate surface area is 144 Å². The van der Waals surface area contributed by atoms with Crippen molar-refractivity contribution in [3.8, 4) is 0 Å². The van der Waals surface area contributed by atoms with E-state index in [1.165, 1.54) is 4.90 Å². The summed E-state index contributed by atoms with van der Waals surface area (Å²) in [7, 11) is 0. The van der Waals surface area contributed by atoms with Gasteiger partial charge in [0, 0.05) is 24.0 Å². The summed E-state index contributed by atoms with van der Waals surface area (Å²) >= 11 is 1.86. The van der Waals surface area contributed by atoms with E-state index < -0.39 is 12.0 Å². The Bertz CT molecular complexity index is 517. The van der Waals surface area contributed by atoms with E-state index >= 15 is 0 Å². The van der Waals surface area contributed by atoms with Gasteiger partial charge in [0.05, 0.1) is 25.3 Å². The number of carbonyl (C=O) groups is 3. The molecule has 0 radical (unpaired) electrons. The molecular formula is C15H23N3O5S. The molecule has 3 amide bonds. The number of ether oxygens (including phenoxy) is 1. The van der Waals surface area contributed by atoms with Crippen molar-refractivity contribution in [2.24, 2.45) is 0 Å². The zero-order valence-electron chi connectivity index (χ0n) is 13.4. The monoisotopic (exact) mass is 357 g/mol. The molecule has 24 heavy (non-hydrogen) atoms. The van der Waals surface area contributed by atoms with E-state index in [1.807, 2.05) is 11.8 Å². The van der Waals surface area contributed by atoms with Gasteiger partial charge in [-0.1, -0.05) is 6.42 Å². The summed E-state index contributed by atoms with van der Waals surface area (Å²) in [6.45, 7) is 0.801. The highest BCUT2D eigenvalue weighted by Gasteiger charge is 2.42. The molecule has 4 atom stereocenters. The second-order valence-corrected chi connectivity index (χ2v) is 7.66. The minimum absolute atomic E-state index is 0.0650. The molecular weight excluding hydrogens is 334 g/mol. The first-order valence-electron chi connectivity index (χ1n) is 8.35. The molecule has 0 saturated carbocycles. The summed E-state index contributed by atoms with van der Waals surface area (Å²) in [6.07, 6.45) is 2.94. The number of rotatable bonds is 6. The van der Waals surface area contributed by atoms with Gasteiger partial charge in [0.2, 0.25) is 5.91 Å². The molecule has 0 aromatic heterocycles. The van der Waals surface area contributed by atoms with Crippen LogP contribution in [0.15, 0.2) is 0 Å². The number of urea groups is 1. The van der Waals surface area contributed by atoms with Gasteiger partial charge in [-0.05, 0) is 12.8 Å². The molecule has 0 aliphatic carbocycles. The lowest BCUT2D eigenvalue weighted by atomic mass is 10.0. The van der Waals surface area contributed by atoms with Crippen molar-refractivity contribution in [3.05, 3.63) is 0 Å². The van der Waals surface area contributed by atoms with Crippen LogP contribution >= 0.6 is 11.8 Å². The van der Waals surface area contributed by atoms with Crippen molar-refractivity contribution in [1.82, 2.24) is 15.5 Å². The molecule has 3 rings (SSSR count). The lowest BCUT2D eigenvalue weighted by molar-refractivity contribution is -0.158. The average Bonchev–Trinajstić information content (AvgIpc) is 3.11. The third-order valence-electron chi connectivity index (χ3n) is 4.80. The third kappa shape index (κ3) is 3.77. The van der Waals surface area contributed by atoms with Crippen molar-refractivity contribution in [2.75, 3.05) is 25.5 Å². The van der Waals surface area contributed by atoms with Crippen molar-refractivity contribution in [1.29, 1.82) is 0 Å². The van der Waals surface area contributed by atoms with E-state index in [0.29, 0.717) is 24.8 Å². The Hall–Kier alpha value is -1.48. The van der Waals surface area contributed by atoms with Gasteiger partial charge in [-0.15, -0.1) is 0 Å². The molecule has 3 aliphatic heterocycles. The van der Waals surface area contributed by atoms with Crippen molar-refractivity contribution in [2.45, 2.75) is 49.1 Å². The predicted octanol–water partition coefficient (Wildman–Crippen LogP) is 0.0242. The Morgan fingerprint density at radius 1 is 1.33 bits per heavy atom. The number of morpholine rings is 1. The molecule has 3 heterocycles. The molecule has 0 spiro atoms. The minimum atomic E-state index is -1.01. The Balaban J connectivity index is 1.39. The Morgan fingerprint density at radius 2 is 2.17 bits per heavy atom. The van der Waals surface area contributed by atoms with Crippen molar-refractivity contribution < 1.29 is 24.2 Å². The molecule has 3 saturated heterocycles. The highest BCUT2D eigenvalue weighted by Crippen LogP contribution is 2.33. The predicted molar refractivity (Wildman–Crippen MR) is 87.9 cm³/mol. The van der Waals surface area contributed by atoms with E-state index in [-0.39, 0.29) is 30.6 Å². The van der Waals surface area contributed by atoms with Crippen LogP contribution in [0.4, 0.5) is 4.79 Å². The zero-order valence-corrected chi connectivity index (χ0v) is 14.2. The molecule has 0 aromatic rings. The molecule has 8 nitrogen and oxygen atoms in total. The lowest BCUT2D eigenvalue weighted by Gasteiger charge is -2.33. The van der Waals surface area contributed by atoms with Crippen LogP contribution in [0, 0.1) is 0 Å². The minimum Gasteiger partial charge on any atom is -0.480 e. The van der Waals surface area contributed by atoms with E-state index in [0.717, 1.165) is 25.0 Å². The number of hydrogen-bond acceptors (Lipinski definition) is 5. The summed E-state index contributed by atoms with van der Waals surface area (Å²) in [4.78, 5) is 36.2. The molecule has 134 valence electrons. The van der Waals surface area contributed by atoms with E-state index in [9.17, 15) is 14.4 Å². The van der Waals surface area contributed by atoms with E-state index in [1.54, 1.807) is 0 Å². The number of nitrogens with zero attached hydrogens (tertiary/aromatic N) is 1. The Morgan fingerprint density at radius 3 is 2.96 bits per heavy atom. The summed E-state index contributed by atoms with van der Waals surface area (Å²) in [5.74, 6) is -0.194. The van der Waals surface area contributed by atoms with E-state index in [2.05, 4.69) is 10.6 Å². The van der Waals surface area contributed by atoms with Gasteiger partial charge < -0.3 is 25.4 Å². The van der Waals surface area contributed by atoms with Crippen LogP contribution in [-0.4, -0.2) is 76.8 Å². The first kappa shape index (κ1) is 17.3. The van der Waals surface area contributed by atoms with Crippen molar-refractivity contribution in [3.63, 3.8) is 0 Å². The fourth-order valence-electron chi connectivity index (χ4n) is 3.52. The quantitative estimate of drug-likeness (QED) is 0.457. The van der Waals surface area contributed by atoms with Gasteiger partial charge in [0.15, 0.2) is 6.04 Å². The molecule has 9 heteroatoms. The van der Waals surface area contributed by atoms with Gasteiger partial charge in [0.25, 0.3) is 0 Å². The van der Waals surface area contributed by atoms with Crippen LogP contribution in [0.2, 0.25) is 0 Å². The van der Waals surface area contributed by atoms with Gasteiger partial charge in [-0.2, -0.15) is 11.8 Å². The van der Waals surface area contributed by atoms with Gasteiger partial charge in [-0.3, -0.25) is 4.79 Å². The maximum atomic E-state index is 12.3. The number of carboxylic acid groups (broad SMARTS) is 1. The number of hydrogen-bond donors (Lipinski definition) is 3. The Kier molecular flexibility index (Phi) is 5.50. The summed E-state index contributed by atoms with van der Waals surface area (Å²) < 4.78 is 5.15. The van der Waals surface area contributed by atoms with Crippen LogP contribution in [0.5, 0.6) is 0 Å². The molecule has 3 aliphatic rings. The van der Waals surface area contributed by atoms with Gasteiger partial charge >= 0.3 is 12.0 Å². The SMILES string of the molecule is O=C1N[C@H]2[C@H](CS[C@H]2CCCCC(=O)N2CCOCC2C(=O)O)N1. The van der Waals surface area contributed by atoms with Gasteiger partial charge in [0.1, 0.15) is 0 Å². The number of thioether (sulfide) groups is 1. The molecule has 1 unspecified atom stereocenters. The van der Waals surface area contributed by atoms with Crippen LogP contribution in [0.25, 0.3) is 0 Å². The van der Waals surface area contributed by atoms with E-state index in [4.69, 9.17) is 9.84 Å². The smallest absolute Gasteiger partial charge is 0.328 e. The van der Waals surface area contributed by atoms with Crippen molar-refractivity contribution >= 4 is 29.7 Å². The number of fused-ring (bicyclic) bond motifs is 1. The fraction of sp³-hybridized carbons (Fsp3) is 0.800. The first-order valence-corrected chi connectivity index (χ1v) is 9.40. The largest absolute Gasteiger partial charge is 0.480 e. The maximum Gasteiger partial charge on any atom is 0.328 e.